The lowest BCUT2D eigenvalue weighted by molar-refractivity contribution is 0.0787. The maximum Gasteiger partial charge on any atom is 0.263 e. The average Bonchev–Trinajstić information content (AvgIpc) is 3.45. The van der Waals surface area contributed by atoms with Gasteiger partial charge < -0.3 is 19.4 Å². The molecule has 0 radical (unpaired) electrons. The number of pyridine rings is 1. The molecular formula is C19H20N2O4. The standard InChI is InChI=1S/C19H20N2O4/c1-12-8-9-21(13-6-7-13)19(23)17(12)18(22)20-10-14-11-24-15-4-2-3-5-16(15)25-14/h2-5,8-9,13-14H,6-7,10-11H2,1H3,(H,20,22). The fourth-order valence-electron chi connectivity index (χ4n) is 3.02. The molecule has 1 aromatic carbocycles. The molecule has 130 valence electrons. The van der Waals surface area contributed by atoms with Crippen LogP contribution in [0, 0.1) is 6.92 Å². The van der Waals surface area contributed by atoms with E-state index < -0.39 is 0 Å². The molecule has 2 aliphatic rings. The quantitative estimate of drug-likeness (QED) is 0.925. The summed E-state index contributed by atoms with van der Waals surface area (Å²) in [6.07, 6.45) is 3.49. The fourth-order valence-corrected chi connectivity index (χ4v) is 3.02. The lowest BCUT2D eigenvalue weighted by Crippen LogP contribution is -2.42. The number of amides is 1. The molecule has 1 aliphatic carbocycles. The number of hydrogen-bond donors (Lipinski definition) is 1. The maximum atomic E-state index is 12.6. The molecule has 1 aromatic heterocycles. The van der Waals surface area contributed by atoms with Crippen molar-refractivity contribution in [1.82, 2.24) is 9.88 Å². The third kappa shape index (κ3) is 3.12. The van der Waals surface area contributed by atoms with Crippen LogP contribution in [0.1, 0.15) is 34.8 Å². The Kier molecular flexibility index (Phi) is 3.95. The van der Waals surface area contributed by atoms with Crippen LogP contribution in [0.3, 0.4) is 0 Å². The van der Waals surface area contributed by atoms with E-state index in [2.05, 4.69) is 5.32 Å². The first-order valence-corrected chi connectivity index (χ1v) is 8.52. The summed E-state index contributed by atoms with van der Waals surface area (Å²) in [4.78, 5) is 25.1. The SMILES string of the molecule is Cc1ccn(C2CC2)c(=O)c1C(=O)NCC1COc2ccccc2O1. The molecule has 1 unspecified atom stereocenters. The van der Waals surface area contributed by atoms with Crippen LogP contribution in [0.25, 0.3) is 0 Å². The van der Waals surface area contributed by atoms with Gasteiger partial charge in [0.2, 0.25) is 0 Å². The smallest absolute Gasteiger partial charge is 0.263 e. The molecule has 0 bridgehead atoms. The van der Waals surface area contributed by atoms with Crippen molar-refractivity contribution < 1.29 is 14.3 Å². The van der Waals surface area contributed by atoms with Crippen molar-refractivity contribution in [3.63, 3.8) is 0 Å². The van der Waals surface area contributed by atoms with Gasteiger partial charge in [0, 0.05) is 12.2 Å². The Morgan fingerprint density at radius 1 is 1.24 bits per heavy atom. The molecule has 2 aromatic rings. The number of para-hydroxylation sites is 2. The molecule has 0 spiro atoms. The first-order chi connectivity index (χ1) is 12.1. The van der Waals surface area contributed by atoms with Crippen molar-refractivity contribution in [2.75, 3.05) is 13.2 Å². The Hall–Kier alpha value is -2.76. The zero-order chi connectivity index (χ0) is 17.4. The molecule has 1 aliphatic heterocycles. The van der Waals surface area contributed by atoms with Crippen molar-refractivity contribution in [3.05, 3.63) is 58.0 Å². The second kappa shape index (κ2) is 6.27. The van der Waals surface area contributed by atoms with Gasteiger partial charge in [0.15, 0.2) is 11.5 Å². The van der Waals surface area contributed by atoms with Gasteiger partial charge in [0.05, 0.1) is 6.54 Å². The molecule has 1 atom stereocenters. The van der Waals surface area contributed by atoms with Gasteiger partial charge in [-0.15, -0.1) is 0 Å². The monoisotopic (exact) mass is 340 g/mol. The van der Waals surface area contributed by atoms with Crippen molar-refractivity contribution >= 4 is 5.91 Å². The Labute approximate surface area is 145 Å². The van der Waals surface area contributed by atoms with Crippen LogP contribution in [-0.2, 0) is 0 Å². The molecule has 4 rings (SSSR count). The van der Waals surface area contributed by atoms with Gasteiger partial charge in [0.25, 0.3) is 11.5 Å². The van der Waals surface area contributed by atoms with E-state index in [1.165, 1.54) is 0 Å². The number of carbonyl (C=O) groups is 1. The van der Waals surface area contributed by atoms with Gasteiger partial charge in [0.1, 0.15) is 18.3 Å². The van der Waals surface area contributed by atoms with Gasteiger partial charge in [-0.2, -0.15) is 0 Å². The summed E-state index contributed by atoms with van der Waals surface area (Å²) in [6, 6.07) is 9.50. The number of benzene rings is 1. The van der Waals surface area contributed by atoms with Gasteiger partial charge in [-0.05, 0) is 43.5 Å². The number of nitrogens with one attached hydrogen (secondary N) is 1. The van der Waals surface area contributed by atoms with Crippen molar-refractivity contribution in [2.24, 2.45) is 0 Å². The number of ether oxygens (including phenoxy) is 2. The summed E-state index contributed by atoms with van der Waals surface area (Å²) in [7, 11) is 0. The maximum absolute atomic E-state index is 12.6. The van der Waals surface area contributed by atoms with Crippen molar-refractivity contribution in [1.29, 1.82) is 0 Å². The van der Waals surface area contributed by atoms with Gasteiger partial charge in [-0.25, -0.2) is 0 Å². The molecule has 2 heterocycles. The minimum Gasteiger partial charge on any atom is -0.486 e. The van der Waals surface area contributed by atoms with Crippen LogP contribution in [-0.4, -0.2) is 29.7 Å². The van der Waals surface area contributed by atoms with Crippen LogP contribution in [0.15, 0.2) is 41.3 Å². The Morgan fingerprint density at radius 3 is 2.76 bits per heavy atom. The normalized spacial score (nSPS) is 18.7. The highest BCUT2D eigenvalue weighted by Crippen LogP contribution is 2.33. The van der Waals surface area contributed by atoms with Crippen LogP contribution < -0.4 is 20.3 Å². The average molecular weight is 340 g/mol. The predicted molar refractivity (Wildman–Crippen MR) is 92.4 cm³/mol. The highest BCUT2D eigenvalue weighted by atomic mass is 16.6. The summed E-state index contributed by atoms with van der Waals surface area (Å²) in [6.45, 7) is 2.42. The Bertz CT molecular complexity index is 870. The van der Waals surface area contributed by atoms with Crippen LogP contribution >= 0.6 is 0 Å². The van der Waals surface area contributed by atoms with Crippen LogP contribution in [0.2, 0.25) is 0 Å². The zero-order valence-corrected chi connectivity index (χ0v) is 14.0. The molecule has 25 heavy (non-hydrogen) atoms. The second-order valence-corrected chi connectivity index (χ2v) is 6.52. The van der Waals surface area contributed by atoms with Gasteiger partial charge in [-0.3, -0.25) is 9.59 Å². The summed E-state index contributed by atoms with van der Waals surface area (Å²) >= 11 is 0. The third-order valence-corrected chi connectivity index (χ3v) is 4.55. The Balaban J connectivity index is 1.45. The highest BCUT2D eigenvalue weighted by molar-refractivity contribution is 5.95. The number of hydrogen-bond acceptors (Lipinski definition) is 4. The minimum absolute atomic E-state index is 0.214. The Morgan fingerprint density at radius 2 is 2.00 bits per heavy atom. The first kappa shape index (κ1) is 15.7. The minimum atomic E-state index is -0.361. The summed E-state index contributed by atoms with van der Waals surface area (Å²) in [5.74, 6) is 1.01. The van der Waals surface area contributed by atoms with E-state index in [4.69, 9.17) is 9.47 Å². The largest absolute Gasteiger partial charge is 0.486 e. The molecule has 1 N–H and O–H groups in total. The molecular weight excluding hydrogens is 320 g/mol. The lowest BCUT2D eigenvalue weighted by atomic mass is 10.1. The molecule has 1 amide bonds. The van der Waals surface area contributed by atoms with E-state index in [1.807, 2.05) is 30.3 Å². The number of carbonyl (C=O) groups excluding carboxylic acids is 1. The van der Waals surface area contributed by atoms with E-state index in [0.717, 1.165) is 12.8 Å². The summed E-state index contributed by atoms with van der Waals surface area (Å²) < 4.78 is 13.1. The van der Waals surface area contributed by atoms with E-state index in [9.17, 15) is 9.59 Å². The van der Waals surface area contributed by atoms with Gasteiger partial charge >= 0.3 is 0 Å². The van der Waals surface area contributed by atoms with Crippen LogP contribution in [0.4, 0.5) is 0 Å². The highest BCUT2D eigenvalue weighted by Gasteiger charge is 2.27. The first-order valence-electron chi connectivity index (χ1n) is 8.52. The number of fused-ring (bicyclic) bond motifs is 1. The molecule has 1 fully saturated rings. The number of aromatic nitrogens is 1. The van der Waals surface area contributed by atoms with E-state index in [1.54, 1.807) is 17.7 Å². The van der Waals surface area contributed by atoms with E-state index in [-0.39, 0.29) is 35.7 Å². The van der Waals surface area contributed by atoms with E-state index in [0.29, 0.717) is 23.7 Å². The fraction of sp³-hybridized carbons (Fsp3) is 0.368. The number of aryl methyl sites for hydroxylation is 1. The third-order valence-electron chi connectivity index (χ3n) is 4.55. The number of rotatable bonds is 4. The van der Waals surface area contributed by atoms with Gasteiger partial charge in [-0.1, -0.05) is 12.1 Å². The topological polar surface area (TPSA) is 69.6 Å². The summed E-state index contributed by atoms with van der Waals surface area (Å²) in [5, 5.41) is 2.81. The lowest BCUT2D eigenvalue weighted by Gasteiger charge is -2.26. The molecule has 6 heteroatoms. The second-order valence-electron chi connectivity index (χ2n) is 6.52. The van der Waals surface area contributed by atoms with E-state index >= 15 is 0 Å². The molecule has 1 saturated carbocycles. The van der Waals surface area contributed by atoms with Crippen molar-refractivity contribution in [2.45, 2.75) is 31.9 Å². The zero-order valence-electron chi connectivity index (χ0n) is 14.0. The number of nitrogens with zero attached hydrogens (tertiary/aromatic N) is 1. The van der Waals surface area contributed by atoms with Crippen molar-refractivity contribution in [3.8, 4) is 11.5 Å². The molecule has 0 saturated heterocycles. The molecule has 6 nitrogen and oxygen atoms in total. The predicted octanol–water partition coefficient (Wildman–Crippen LogP) is 2.06. The summed E-state index contributed by atoms with van der Waals surface area (Å²) in [5.41, 5.74) is 0.684. The van der Waals surface area contributed by atoms with Crippen LogP contribution in [0.5, 0.6) is 11.5 Å².